The molecule has 0 aromatic rings. The van der Waals surface area contributed by atoms with Crippen LogP contribution < -0.4 is 0 Å². The van der Waals surface area contributed by atoms with Crippen LogP contribution in [0.5, 0.6) is 0 Å². The molecular weight excluding hydrogens is 154 g/mol. The molecule has 0 N–H and O–H groups in total. The molecule has 0 amide bonds. The van der Waals surface area contributed by atoms with Crippen molar-refractivity contribution in [1.82, 2.24) is 0 Å². The van der Waals surface area contributed by atoms with Gasteiger partial charge in [-0.2, -0.15) is 0 Å². The van der Waals surface area contributed by atoms with Crippen molar-refractivity contribution in [1.29, 1.82) is 0 Å². The standard InChI is InChI=1S/C9H15NO2/c11-10(12)8-4-3-7-9-5-1-2-6-9/h4,8-9H,1-3,5-7H2/b8-4+. The van der Waals surface area contributed by atoms with Crippen molar-refractivity contribution in [2.75, 3.05) is 0 Å². The first-order valence-corrected chi connectivity index (χ1v) is 4.59. The van der Waals surface area contributed by atoms with Crippen LogP contribution in [-0.2, 0) is 0 Å². The molecule has 1 rings (SSSR count). The summed E-state index contributed by atoms with van der Waals surface area (Å²) < 4.78 is 0. The van der Waals surface area contributed by atoms with Crippen LogP contribution >= 0.6 is 0 Å². The molecule has 0 aromatic heterocycles. The molecule has 0 unspecified atom stereocenters. The van der Waals surface area contributed by atoms with Gasteiger partial charge in [0.1, 0.15) is 0 Å². The summed E-state index contributed by atoms with van der Waals surface area (Å²) in [5.74, 6) is 0.835. The lowest BCUT2D eigenvalue weighted by Crippen LogP contribution is -1.91. The Morgan fingerprint density at radius 1 is 1.42 bits per heavy atom. The lowest BCUT2D eigenvalue weighted by Gasteiger charge is -2.03. The minimum Gasteiger partial charge on any atom is -0.259 e. The van der Waals surface area contributed by atoms with Gasteiger partial charge in [-0.15, -0.1) is 0 Å². The zero-order chi connectivity index (χ0) is 8.81. The van der Waals surface area contributed by atoms with Crippen LogP contribution in [-0.4, -0.2) is 4.92 Å². The van der Waals surface area contributed by atoms with Gasteiger partial charge in [0.05, 0.1) is 4.92 Å². The second kappa shape index (κ2) is 4.91. The third-order valence-corrected chi connectivity index (χ3v) is 2.44. The van der Waals surface area contributed by atoms with Gasteiger partial charge in [-0.3, -0.25) is 10.1 Å². The van der Waals surface area contributed by atoms with Gasteiger partial charge in [0, 0.05) is 0 Å². The summed E-state index contributed by atoms with van der Waals surface area (Å²) in [6.45, 7) is 0. The van der Waals surface area contributed by atoms with Crippen molar-refractivity contribution in [2.24, 2.45) is 5.92 Å². The number of hydrogen-bond acceptors (Lipinski definition) is 2. The topological polar surface area (TPSA) is 43.1 Å². The Bertz CT molecular complexity index is 171. The van der Waals surface area contributed by atoms with Crippen LogP contribution in [0.3, 0.4) is 0 Å². The minimum absolute atomic E-state index is 0.394. The van der Waals surface area contributed by atoms with Crippen molar-refractivity contribution >= 4 is 0 Å². The normalized spacial score (nSPS) is 19.0. The minimum atomic E-state index is -0.394. The molecule has 0 saturated heterocycles. The van der Waals surface area contributed by atoms with Crippen LogP contribution in [0, 0.1) is 16.0 Å². The third kappa shape index (κ3) is 3.51. The molecule has 1 fully saturated rings. The zero-order valence-corrected chi connectivity index (χ0v) is 7.24. The highest BCUT2D eigenvalue weighted by atomic mass is 16.6. The van der Waals surface area contributed by atoms with E-state index in [4.69, 9.17) is 0 Å². The summed E-state index contributed by atoms with van der Waals surface area (Å²) >= 11 is 0. The Morgan fingerprint density at radius 2 is 2.08 bits per heavy atom. The van der Waals surface area contributed by atoms with E-state index in [0.717, 1.165) is 25.0 Å². The van der Waals surface area contributed by atoms with Gasteiger partial charge >= 0.3 is 0 Å². The lowest BCUT2D eigenvalue weighted by atomic mass is 10.0. The molecule has 0 atom stereocenters. The second-order valence-corrected chi connectivity index (χ2v) is 3.40. The second-order valence-electron chi connectivity index (χ2n) is 3.40. The Balaban J connectivity index is 2.05. The van der Waals surface area contributed by atoms with Crippen LogP contribution in [0.4, 0.5) is 0 Å². The van der Waals surface area contributed by atoms with Crippen LogP contribution in [0.1, 0.15) is 38.5 Å². The first-order chi connectivity index (χ1) is 5.79. The van der Waals surface area contributed by atoms with Crippen molar-refractivity contribution < 1.29 is 4.92 Å². The largest absolute Gasteiger partial charge is 0.259 e. The fourth-order valence-corrected chi connectivity index (χ4v) is 1.79. The van der Waals surface area contributed by atoms with Crippen molar-refractivity contribution in [2.45, 2.75) is 38.5 Å². The first-order valence-electron chi connectivity index (χ1n) is 4.59. The van der Waals surface area contributed by atoms with E-state index in [9.17, 15) is 10.1 Å². The number of hydrogen-bond donors (Lipinski definition) is 0. The SMILES string of the molecule is O=[N+]([O-])/C=C/CCC1CCCC1. The molecular formula is C9H15NO2. The Hall–Kier alpha value is -0.860. The quantitative estimate of drug-likeness (QED) is 0.479. The van der Waals surface area contributed by atoms with E-state index in [1.165, 1.54) is 25.7 Å². The van der Waals surface area contributed by atoms with Gasteiger partial charge in [-0.25, -0.2) is 0 Å². The van der Waals surface area contributed by atoms with Crippen LogP contribution in [0.2, 0.25) is 0 Å². The zero-order valence-electron chi connectivity index (χ0n) is 7.24. The molecule has 0 aromatic carbocycles. The average molecular weight is 169 g/mol. The molecule has 0 aliphatic heterocycles. The predicted octanol–water partition coefficient (Wildman–Crippen LogP) is 2.75. The fourth-order valence-electron chi connectivity index (χ4n) is 1.79. The maximum Gasteiger partial charge on any atom is 0.230 e. The molecule has 3 nitrogen and oxygen atoms in total. The molecule has 0 spiro atoms. The van der Waals surface area contributed by atoms with E-state index in [2.05, 4.69) is 0 Å². The molecule has 1 aliphatic rings. The van der Waals surface area contributed by atoms with Crippen molar-refractivity contribution in [3.8, 4) is 0 Å². The Labute approximate surface area is 72.6 Å². The smallest absolute Gasteiger partial charge is 0.230 e. The highest BCUT2D eigenvalue weighted by Crippen LogP contribution is 2.28. The van der Waals surface area contributed by atoms with Gasteiger partial charge in [0.25, 0.3) is 0 Å². The first kappa shape index (κ1) is 9.23. The molecule has 12 heavy (non-hydrogen) atoms. The molecule has 0 heterocycles. The molecule has 0 bridgehead atoms. The van der Waals surface area contributed by atoms with Gasteiger partial charge in [-0.05, 0) is 24.8 Å². The highest BCUT2D eigenvalue weighted by Gasteiger charge is 2.13. The van der Waals surface area contributed by atoms with E-state index in [-0.39, 0.29) is 0 Å². The number of nitrogens with zero attached hydrogens (tertiary/aromatic N) is 1. The Morgan fingerprint density at radius 3 is 2.67 bits per heavy atom. The lowest BCUT2D eigenvalue weighted by molar-refractivity contribution is -0.402. The number of rotatable bonds is 4. The van der Waals surface area contributed by atoms with E-state index in [1.54, 1.807) is 6.08 Å². The molecule has 1 saturated carbocycles. The molecule has 1 aliphatic carbocycles. The molecule has 68 valence electrons. The summed E-state index contributed by atoms with van der Waals surface area (Å²) in [5.41, 5.74) is 0. The van der Waals surface area contributed by atoms with Gasteiger partial charge in [0.2, 0.25) is 6.20 Å². The maximum atomic E-state index is 9.91. The number of allylic oxidation sites excluding steroid dienone is 1. The van der Waals surface area contributed by atoms with Crippen molar-refractivity contribution in [3.05, 3.63) is 22.4 Å². The summed E-state index contributed by atoms with van der Waals surface area (Å²) in [6.07, 6.45) is 10.1. The van der Waals surface area contributed by atoms with E-state index < -0.39 is 4.92 Å². The van der Waals surface area contributed by atoms with E-state index in [1.807, 2.05) is 0 Å². The average Bonchev–Trinajstić information content (AvgIpc) is 2.49. The highest BCUT2D eigenvalue weighted by molar-refractivity contribution is 4.76. The summed E-state index contributed by atoms with van der Waals surface area (Å²) in [7, 11) is 0. The summed E-state index contributed by atoms with van der Waals surface area (Å²) in [5, 5.41) is 9.91. The maximum absolute atomic E-state index is 9.91. The number of nitro groups is 1. The predicted molar refractivity (Wildman–Crippen MR) is 47.3 cm³/mol. The molecule has 3 heteroatoms. The fraction of sp³-hybridized carbons (Fsp3) is 0.778. The monoisotopic (exact) mass is 169 g/mol. The third-order valence-electron chi connectivity index (χ3n) is 2.44. The van der Waals surface area contributed by atoms with E-state index in [0.29, 0.717) is 0 Å². The summed E-state index contributed by atoms with van der Waals surface area (Å²) in [4.78, 5) is 9.52. The van der Waals surface area contributed by atoms with Crippen molar-refractivity contribution in [3.63, 3.8) is 0 Å². The van der Waals surface area contributed by atoms with Crippen LogP contribution in [0.25, 0.3) is 0 Å². The van der Waals surface area contributed by atoms with Gasteiger partial charge in [0.15, 0.2) is 0 Å². The van der Waals surface area contributed by atoms with Crippen LogP contribution in [0.15, 0.2) is 12.3 Å². The van der Waals surface area contributed by atoms with Gasteiger partial charge in [-0.1, -0.05) is 25.7 Å². The van der Waals surface area contributed by atoms with E-state index >= 15 is 0 Å². The summed E-state index contributed by atoms with van der Waals surface area (Å²) in [6, 6.07) is 0. The van der Waals surface area contributed by atoms with Gasteiger partial charge < -0.3 is 0 Å². The molecule has 0 radical (unpaired) electrons. The Kier molecular flexibility index (Phi) is 3.77.